The van der Waals surface area contributed by atoms with Gasteiger partial charge < -0.3 is 15.4 Å². The van der Waals surface area contributed by atoms with Gasteiger partial charge in [-0.25, -0.2) is 9.17 Å². The lowest BCUT2D eigenvalue weighted by molar-refractivity contribution is 0.0429. The number of rotatable bonds is 2. The normalized spacial score (nSPS) is 18.9. The van der Waals surface area contributed by atoms with Gasteiger partial charge in [0.05, 0.1) is 10.4 Å². The fourth-order valence-electron chi connectivity index (χ4n) is 2.25. The van der Waals surface area contributed by atoms with Crippen LogP contribution in [0, 0.1) is 0 Å². The van der Waals surface area contributed by atoms with E-state index in [0.717, 1.165) is 30.8 Å². The average molecular weight is 283 g/mol. The summed E-state index contributed by atoms with van der Waals surface area (Å²) in [5, 5.41) is 6.38. The highest BCUT2D eigenvalue weighted by atomic mass is 32.1. The van der Waals surface area contributed by atoms with Crippen LogP contribution in [-0.2, 0) is 10.3 Å². The second kappa shape index (κ2) is 5.46. The molecule has 1 aliphatic heterocycles. The number of nitrogens with one attached hydrogen (secondary N) is 2. The summed E-state index contributed by atoms with van der Waals surface area (Å²) in [5.74, 6) is 0. The van der Waals surface area contributed by atoms with Gasteiger partial charge in [-0.1, -0.05) is 0 Å². The van der Waals surface area contributed by atoms with Crippen LogP contribution in [0.1, 0.15) is 38.5 Å². The van der Waals surface area contributed by atoms with Gasteiger partial charge in [-0.3, -0.25) is 0 Å². The molecule has 0 atom stereocenters. The van der Waals surface area contributed by atoms with Gasteiger partial charge in [0.15, 0.2) is 0 Å². The van der Waals surface area contributed by atoms with E-state index in [2.05, 4.69) is 15.0 Å². The molecule has 0 saturated carbocycles. The number of piperidine rings is 1. The summed E-state index contributed by atoms with van der Waals surface area (Å²) >= 11 is 1.44. The first-order valence-corrected chi connectivity index (χ1v) is 7.32. The Balaban J connectivity index is 2.13. The highest BCUT2D eigenvalue weighted by Crippen LogP contribution is 2.33. The summed E-state index contributed by atoms with van der Waals surface area (Å²) in [6.07, 6.45) is 3.13. The summed E-state index contributed by atoms with van der Waals surface area (Å²) in [4.78, 5) is 13.2. The molecule has 1 aliphatic rings. The van der Waals surface area contributed by atoms with Crippen LogP contribution in [0.15, 0.2) is 12.3 Å². The highest BCUT2D eigenvalue weighted by Gasteiger charge is 2.38. The number of carbonyl (C=O) groups is 1. The zero-order valence-corrected chi connectivity index (χ0v) is 12.5. The van der Waals surface area contributed by atoms with E-state index in [0.29, 0.717) is 0 Å². The number of carbonyl (C=O) groups excluding carboxylic acids is 1. The Bertz CT molecular complexity index is 420. The Morgan fingerprint density at radius 1 is 1.47 bits per heavy atom. The number of nitrogens with zero attached hydrogens (tertiary/aromatic N) is 1. The lowest BCUT2D eigenvalue weighted by Gasteiger charge is -2.37. The van der Waals surface area contributed by atoms with Crippen LogP contribution in [0.5, 0.6) is 0 Å². The van der Waals surface area contributed by atoms with Gasteiger partial charge in [0.1, 0.15) is 5.60 Å². The van der Waals surface area contributed by atoms with E-state index in [1.807, 2.05) is 26.8 Å². The Hall–Kier alpha value is -1.14. The zero-order valence-electron chi connectivity index (χ0n) is 11.7. The molecular weight excluding hydrogens is 262 g/mol. The lowest BCUT2D eigenvalue weighted by Crippen LogP contribution is -2.52. The summed E-state index contributed by atoms with van der Waals surface area (Å²) < 4.78 is 9.53. The van der Waals surface area contributed by atoms with Gasteiger partial charge in [0.25, 0.3) is 0 Å². The molecule has 0 aromatic carbocycles. The largest absolute Gasteiger partial charge is 0.444 e. The molecule has 0 spiro atoms. The molecule has 1 saturated heterocycles. The molecule has 0 unspecified atom stereocenters. The van der Waals surface area contributed by atoms with Crippen molar-refractivity contribution in [2.45, 2.75) is 44.8 Å². The van der Waals surface area contributed by atoms with Crippen molar-refractivity contribution in [1.82, 2.24) is 15.0 Å². The van der Waals surface area contributed by atoms with Gasteiger partial charge in [0, 0.05) is 6.20 Å². The molecule has 5 nitrogen and oxygen atoms in total. The van der Waals surface area contributed by atoms with Crippen molar-refractivity contribution in [2.24, 2.45) is 0 Å². The molecular formula is C13H21N3O2S. The van der Waals surface area contributed by atoms with Crippen molar-refractivity contribution in [3.8, 4) is 0 Å². The van der Waals surface area contributed by atoms with Gasteiger partial charge in [-0.2, -0.15) is 0 Å². The van der Waals surface area contributed by atoms with Crippen LogP contribution in [-0.4, -0.2) is 29.2 Å². The average Bonchev–Trinajstić information content (AvgIpc) is 2.81. The van der Waals surface area contributed by atoms with E-state index in [-0.39, 0.29) is 11.6 Å². The van der Waals surface area contributed by atoms with Gasteiger partial charge in [-0.05, 0) is 64.3 Å². The smallest absolute Gasteiger partial charge is 0.408 e. The summed E-state index contributed by atoms with van der Waals surface area (Å²) in [5.41, 5.74) is -0.819. The number of alkyl carbamates (subject to hydrolysis) is 1. The monoisotopic (exact) mass is 283 g/mol. The second-order valence-electron chi connectivity index (χ2n) is 5.84. The second-order valence-corrected chi connectivity index (χ2v) is 6.67. The fourth-order valence-corrected chi connectivity index (χ4v) is 3.04. The molecule has 6 heteroatoms. The lowest BCUT2D eigenvalue weighted by atomic mass is 9.87. The van der Waals surface area contributed by atoms with Crippen LogP contribution in [0.4, 0.5) is 4.79 Å². The maximum Gasteiger partial charge on any atom is 0.408 e. The van der Waals surface area contributed by atoms with Crippen molar-refractivity contribution < 1.29 is 9.53 Å². The molecule has 19 heavy (non-hydrogen) atoms. The molecule has 0 radical (unpaired) electrons. The molecule has 2 heterocycles. The third-order valence-electron chi connectivity index (χ3n) is 3.11. The molecule has 106 valence electrons. The van der Waals surface area contributed by atoms with Crippen molar-refractivity contribution in [2.75, 3.05) is 13.1 Å². The van der Waals surface area contributed by atoms with E-state index in [1.54, 1.807) is 6.20 Å². The standard InChI is InChI=1S/C13H21N3O2S/c1-12(2,3)18-11(17)16-13(5-8-14-9-6-13)10-4-7-15-19-10/h4,7,14H,5-6,8-9H2,1-3H3,(H,16,17). The van der Waals surface area contributed by atoms with E-state index in [9.17, 15) is 4.79 Å². The minimum Gasteiger partial charge on any atom is -0.444 e. The molecule has 1 aromatic heterocycles. The topological polar surface area (TPSA) is 63.2 Å². The first-order chi connectivity index (χ1) is 8.91. The van der Waals surface area contributed by atoms with Crippen LogP contribution in [0.3, 0.4) is 0 Å². The van der Waals surface area contributed by atoms with Crippen molar-refractivity contribution in [1.29, 1.82) is 0 Å². The van der Waals surface area contributed by atoms with Crippen LogP contribution >= 0.6 is 11.5 Å². The number of aromatic nitrogens is 1. The van der Waals surface area contributed by atoms with Gasteiger partial charge in [0.2, 0.25) is 0 Å². The Morgan fingerprint density at radius 2 is 2.16 bits per heavy atom. The van der Waals surface area contributed by atoms with Crippen LogP contribution < -0.4 is 10.6 Å². The minimum absolute atomic E-state index is 0.339. The zero-order chi connectivity index (χ0) is 13.9. The van der Waals surface area contributed by atoms with E-state index >= 15 is 0 Å². The number of hydrogen-bond donors (Lipinski definition) is 2. The molecule has 2 N–H and O–H groups in total. The Kier molecular flexibility index (Phi) is 4.10. The van der Waals surface area contributed by atoms with E-state index in [1.165, 1.54) is 11.5 Å². The third-order valence-corrected chi connectivity index (χ3v) is 4.06. The van der Waals surface area contributed by atoms with Crippen LogP contribution in [0.2, 0.25) is 0 Å². The predicted octanol–water partition coefficient (Wildman–Crippen LogP) is 2.25. The molecule has 2 rings (SSSR count). The van der Waals surface area contributed by atoms with Crippen molar-refractivity contribution >= 4 is 17.6 Å². The highest BCUT2D eigenvalue weighted by molar-refractivity contribution is 7.05. The molecule has 0 aliphatic carbocycles. The van der Waals surface area contributed by atoms with Crippen LogP contribution in [0.25, 0.3) is 0 Å². The number of ether oxygens (including phenoxy) is 1. The molecule has 1 amide bonds. The van der Waals surface area contributed by atoms with E-state index in [4.69, 9.17) is 4.74 Å². The maximum absolute atomic E-state index is 12.1. The Morgan fingerprint density at radius 3 is 2.68 bits per heavy atom. The molecule has 1 fully saturated rings. The van der Waals surface area contributed by atoms with Crippen molar-refractivity contribution in [3.05, 3.63) is 17.1 Å². The quantitative estimate of drug-likeness (QED) is 0.874. The maximum atomic E-state index is 12.1. The fraction of sp³-hybridized carbons (Fsp3) is 0.692. The molecule has 0 bridgehead atoms. The van der Waals surface area contributed by atoms with Gasteiger partial charge >= 0.3 is 6.09 Å². The summed E-state index contributed by atoms with van der Waals surface area (Å²) in [6.45, 7) is 7.37. The summed E-state index contributed by atoms with van der Waals surface area (Å²) in [7, 11) is 0. The molecule has 1 aromatic rings. The summed E-state index contributed by atoms with van der Waals surface area (Å²) in [6, 6.07) is 1.98. The number of amides is 1. The van der Waals surface area contributed by atoms with Gasteiger partial charge in [-0.15, -0.1) is 0 Å². The van der Waals surface area contributed by atoms with Crippen molar-refractivity contribution in [3.63, 3.8) is 0 Å². The SMILES string of the molecule is CC(C)(C)OC(=O)NC1(c2ccns2)CCNCC1. The third kappa shape index (κ3) is 3.67. The Labute approximate surface area is 117 Å². The predicted molar refractivity (Wildman–Crippen MR) is 75.3 cm³/mol. The minimum atomic E-state index is -0.480. The number of hydrogen-bond acceptors (Lipinski definition) is 5. The first kappa shape index (κ1) is 14.3. The van der Waals surface area contributed by atoms with E-state index < -0.39 is 5.60 Å². The first-order valence-electron chi connectivity index (χ1n) is 6.54.